The largest absolute Gasteiger partial charge is 0.349 e. The van der Waals surface area contributed by atoms with Gasteiger partial charge >= 0.3 is 0 Å². The van der Waals surface area contributed by atoms with Crippen LogP contribution in [0.1, 0.15) is 59.0 Å². The first-order valence-corrected chi connectivity index (χ1v) is 11.0. The molecule has 3 aromatic rings. The van der Waals surface area contributed by atoms with Crippen LogP contribution in [-0.4, -0.2) is 45.6 Å². The molecule has 2 heterocycles. The fourth-order valence-electron chi connectivity index (χ4n) is 4.13. The lowest BCUT2D eigenvalue weighted by atomic mass is 10.0. The highest BCUT2D eigenvalue weighted by molar-refractivity contribution is 5.96. The lowest BCUT2D eigenvalue weighted by Crippen LogP contribution is -2.46. The number of carbonyl (C=O) groups excluding carboxylic acids is 2. The molecular formula is C25H26F2N4O2. The van der Waals surface area contributed by atoms with E-state index >= 15 is 0 Å². The highest BCUT2D eigenvalue weighted by atomic mass is 19.1. The molecule has 0 aliphatic carbocycles. The van der Waals surface area contributed by atoms with Crippen LogP contribution in [0.2, 0.25) is 0 Å². The summed E-state index contributed by atoms with van der Waals surface area (Å²) in [5.41, 5.74) is 2.41. The van der Waals surface area contributed by atoms with Crippen molar-refractivity contribution in [2.24, 2.45) is 0 Å². The minimum absolute atomic E-state index is 0.0315. The SMILES string of the molecule is CC(C)c1c(C(=O)N2CCC(NC(=O)c3ccc(F)cc3)CC2)cnn1-c1ccc(F)cc1. The number of likely N-dealkylation sites (tertiary alicyclic amines) is 1. The molecule has 0 saturated carbocycles. The van der Waals surface area contributed by atoms with Gasteiger partial charge in [-0.3, -0.25) is 9.59 Å². The Morgan fingerprint density at radius 2 is 1.55 bits per heavy atom. The molecule has 33 heavy (non-hydrogen) atoms. The Bertz CT molecular complexity index is 1130. The second-order valence-electron chi connectivity index (χ2n) is 8.53. The van der Waals surface area contributed by atoms with E-state index in [0.717, 1.165) is 5.69 Å². The average Bonchev–Trinajstić information content (AvgIpc) is 3.25. The molecule has 0 bridgehead atoms. The van der Waals surface area contributed by atoms with E-state index in [-0.39, 0.29) is 35.4 Å². The second-order valence-corrected chi connectivity index (χ2v) is 8.53. The average molecular weight is 453 g/mol. The van der Waals surface area contributed by atoms with E-state index in [1.807, 2.05) is 13.8 Å². The summed E-state index contributed by atoms with van der Waals surface area (Å²) in [6.45, 7) is 5.00. The molecule has 8 heteroatoms. The van der Waals surface area contributed by atoms with Crippen LogP contribution in [0.5, 0.6) is 0 Å². The van der Waals surface area contributed by atoms with E-state index in [2.05, 4.69) is 10.4 Å². The summed E-state index contributed by atoms with van der Waals surface area (Å²) in [7, 11) is 0. The van der Waals surface area contributed by atoms with Gasteiger partial charge in [0.2, 0.25) is 0 Å². The van der Waals surface area contributed by atoms with Gasteiger partial charge in [-0.15, -0.1) is 0 Å². The van der Waals surface area contributed by atoms with Crippen LogP contribution < -0.4 is 5.32 Å². The van der Waals surface area contributed by atoms with Crippen molar-refractivity contribution in [2.45, 2.75) is 38.6 Å². The summed E-state index contributed by atoms with van der Waals surface area (Å²) < 4.78 is 28.1. The van der Waals surface area contributed by atoms with Gasteiger partial charge in [-0.25, -0.2) is 13.5 Å². The third kappa shape index (κ3) is 4.94. The quantitative estimate of drug-likeness (QED) is 0.627. The van der Waals surface area contributed by atoms with Gasteiger partial charge in [-0.2, -0.15) is 5.10 Å². The molecule has 4 rings (SSSR count). The number of aromatic nitrogens is 2. The molecule has 2 aromatic carbocycles. The van der Waals surface area contributed by atoms with E-state index in [1.165, 1.54) is 36.4 Å². The summed E-state index contributed by atoms with van der Waals surface area (Å²) in [5, 5.41) is 7.38. The first-order chi connectivity index (χ1) is 15.8. The molecule has 1 aromatic heterocycles. The summed E-state index contributed by atoms with van der Waals surface area (Å²) in [6.07, 6.45) is 2.83. The smallest absolute Gasteiger partial charge is 0.257 e. The van der Waals surface area contributed by atoms with E-state index in [0.29, 0.717) is 42.7 Å². The number of nitrogens with zero attached hydrogens (tertiary/aromatic N) is 3. The molecule has 2 amide bonds. The Morgan fingerprint density at radius 3 is 2.12 bits per heavy atom. The third-order valence-corrected chi connectivity index (χ3v) is 5.88. The van der Waals surface area contributed by atoms with Crippen LogP contribution in [0.4, 0.5) is 8.78 Å². The topological polar surface area (TPSA) is 67.2 Å². The van der Waals surface area contributed by atoms with E-state index in [1.54, 1.807) is 27.9 Å². The number of nitrogens with one attached hydrogen (secondary N) is 1. The number of hydrogen-bond acceptors (Lipinski definition) is 3. The molecule has 0 radical (unpaired) electrons. The molecule has 1 fully saturated rings. The van der Waals surface area contributed by atoms with Crippen molar-refractivity contribution in [3.05, 3.63) is 83.2 Å². The zero-order valence-corrected chi connectivity index (χ0v) is 18.6. The van der Waals surface area contributed by atoms with Gasteiger partial charge in [-0.1, -0.05) is 13.8 Å². The summed E-state index contributed by atoms with van der Waals surface area (Å²) >= 11 is 0. The van der Waals surface area contributed by atoms with Crippen LogP contribution in [0.3, 0.4) is 0 Å². The minimum atomic E-state index is -0.387. The van der Waals surface area contributed by atoms with Crippen LogP contribution in [0, 0.1) is 11.6 Å². The summed E-state index contributed by atoms with van der Waals surface area (Å²) in [6, 6.07) is 11.4. The highest BCUT2D eigenvalue weighted by Crippen LogP contribution is 2.25. The molecule has 1 saturated heterocycles. The second kappa shape index (κ2) is 9.52. The Morgan fingerprint density at radius 1 is 0.970 bits per heavy atom. The van der Waals surface area contributed by atoms with Crippen molar-refractivity contribution >= 4 is 11.8 Å². The Labute approximate surface area is 191 Å². The van der Waals surface area contributed by atoms with Crippen LogP contribution in [0.15, 0.2) is 54.7 Å². The molecule has 0 spiro atoms. The van der Waals surface area contributed by atoms with Gasteiger partial charge in [0.25, 0.3) is 11.8 Å². The Kier molecular flexibility index (Phi) is 6.53. The minimum Gasteiger partial charge on any atom is -0.349 e. The summed E-state index contributed by atoms with van der Waals surface area (Å²) in [4.78, 5) is 27.5. The van der Waals surface area contributed by atoms with Crippen molar-refractivity contribution in [1.29, 1.82) is 0 Å². The van der Waals surface area contributed by atoms with Gasteiger partial charge < -0.3 is 10.2 Å². The van der Waals surface area contributed by atoms with Crippen molar-refractivity contribution < 1.29 is 18.4 Å². The van der Waals surface area contributed by atoms with Gasteiger partial charge in [0.15, 0.2) is 0 Å². The first-order valence-electron chi connectivity index (χ1n) is 11.0. The third-order valence-electron chi connectivity index (χ3n) is 5.88. The van der Waals surface area contributed by atoms with Gasteiger partial charge in [-0.05, 0) is 67.3 Å². The Hall–Kier alpha value is -3.55. The first kappa shape index (κ1) is 22.6. The van der Waals surface area contributed by atoms with Crippen molar-refractivity contribution in [2.75, 3.05) is 13.1 Å². The van der Waals surface area contributed by atoms with E-state index in [9.17, 15) is 18.4 Å². The number of hydrogen-bond donors (Lipinski definition) is 1. The lowest BCUT2D eigenvalue weighted by Gasteiger charge is -2.32. The number of carbonyl (C=O) groups is 2. The fraction of sp³-hybridized carbons (Fsp3) is 0.320. The molecule has 0 atom stereocenters. The monoisotopic (exact) mass is 452 g/mol. The fourth-order valence-corrected chi connectivity index (χ4v) is 4.13. The number of benzene rings is 2. The molecule has 1 aliphatic rings. The summed E-state index contributed by atoms with van der Waals surface area (Å²) in [5.74, 6) is -1.04. The molecule has 0 unspecified atom stereocenters. The van der Waals surface area contributed by atoms with Gasteiger partial charge in [0.05, 0.1) is 23.1 Å². The number of amides is 2. The van der Waals surface area contributed by atoms with E-state index < -0.39 is 0 Å². The predicted molar refractivity (Wildman–Crippen MR) is 120 cm³/mol. The maximum atomic E-state index is 13.3. The number of piperidine rings is 1. The molecule has 172 valence electrons. The van der Waals surface area contributed by atoms with Crippen molar-refractivity contribution in [3.8, 4) is 5.69 Å². The standard InChI is InChI=1S/C25H26F2N4O2/c1-16(2)23-22(15-28-31(23)21-9-7-19(27)8-10-21)25(33)30-13-11-20(12-14-30)29-24(32)17-3-5-18(26)6-4-17/h3-10,15-16,20H,11-14H2,1-2H3,(H,29,32). The highest BCUT2D eigenvalue weighted by Gasteiger charge is 2.29. The van der Waals surface area contributed by atoms with E-state index in [4.69, 9.17) is 0 Å². The van der Waals surface area contributed by atoms with Gasteiger partial charge in [0.1, 0.15) is 11.6 Å². The molecule has 6 nitrogen and oxygen atoms in total. The van der Waals surface area contributed by atoms with Gasteiger partial charge in [0, 0.05) is 24.7 Å². The zero-order valence-electron chi connectivity index (χ0n) is 18.6. The Balaban J connectivity index is 1.43. The predicted octanol–water partition coefficient (Wildman–Crippen LogP) is 4.31. The van der Waals surface area contributed by atoms with Crippen molar-refractivity contribution in [3.63, 3.8) is 0 Å². The molecular weight excluding hydrogens is 426 g/mol. The molecule has 1 aliphatic heterocycles. The normalized spacial score (nSPS) is 14.5. The zero-order chi connectivity index (χ0) is 23.5. The van der Waals surface area contributed by atoms with Crippen LogP contribution in [-0.2, 0) is 0 Å². The van der Waals surface area contributed by atoms with Crippen molar-refractivity contribution in [1.82, 2.24) is 20.0 Å². The van der Waals surface area contributed by atoms with Crippen LogP contribution >= 0.6 is 0 Å². The molecule has 1 N–H and O–H groups in total. The number of halogens is 2. The maximum absolute atomic E-state index is 13.3. The number of rotatable bonds is 5. The lowest BCUT2D eigenvalue weighted by molar-refractivity contribution is 0.0696. The van der Waals surface area contributed by atoms with Crippen LogP contribution in [0.25, 0.3) is 5.69 Å². The maximum Gasteiger partial charge on any atom is 0.257 e.